The van der Waals surface area contributed by atoms with Gasteiger partial charge in [0.05, 0.1) is 5.75 Å². The SMILES string of the molecule is CC(CS(=O)(=O)NC(=O)CCc1ccsc1)c1ccccc1. The molecule has 1 unspecified atom stereocenters. The Hall–Kier alpha value is -1.66. The van der Waals surface area contributed by atoms with Crippen molar-refractivity contribution in [2.45, 2.75) is 25.7 Å². The smallest absolute Gasteiger partial charge is 0.235 e. The van der Waals surface area contributed by atoms with Crippen molar-refractivity contribution in [1.29, 1.82) is 0 Å². The number of benzene rings is 1. The molecular formula is C16H19NO3S2. The molecule has 0 aliphatic carbocycles. The number of carbonyl (C=O) groups is 1. The number of sulfonamides is 1. The van der Waals surface area contributed by atoms with E-state index in [1.807, 2.05) is 54.1 Å². The lowest BCUT2D eigenvalue weighted by Gasteiger charge is -2.13. The monoisotopic (exact) mass is 337 g/mol. The molecule has 1 aromatic heterocycles. The highest BCUT2D eigenvalue weighted by molar-refractivity contribution is 7.90. The van der Waals surface area contributed by atoms with Gasteiger partial charge < -0.3 is 0 Å². The van der Waals surface area contributed by atoms with Crippen molar-refractivity contribution >= 4 is 27.3 Å². The predicted octanol–water partition coefficient (Wildman–Crippen LogP) is 2.93. The molecule has 0 aliphatic rings. The third kappa shape index (κ3) is 5.27. The van der Waals surface area contributed by atoms with E-state index in [9.17, 15) is 13.2 Å². The molecule has 0 aliphatic heterocycles. The summed E-state index contributed by atoms with van der Waals surface area (Å²) in [5.41, 5.74) is 1.99. The van der Waals surface area contributed by atoms with E-state index in [1.165, 1.54) is 0 Å². The minimum Gasteiger partial charge on any atom is -0.274 e. The number of rotatable bonds is 7. The van der Waals surface area contributed by atoms with Gasteiger partial charge in [-0.05, 0) is 40.3 Å². The van der Waals surface area contributed by atoms with Crippen LogP contribution in [0, 0.1) is 0 Å². The Balaban J connectivity index is 1.86. The van der Waals surface area contributed by atoms with Crippen LogP contribution in [0.1, 0.15) is 30.4 Å². The number of amides is 1. The maximum Gasteiger partial charge on any atom is 0.235 e. The molecule has 118 valence electrons. The van der Waals surface area contributed by atoms with E-state index >= 15 is 0 Å². The second-order valence-electron chi connectivity index (χ2n) is 5.25. The Morgan fingerprint density at radius 2 is 1.95 bits per heavy atom. The van der Waals surface area contributed by atoms with Crippen LogP contribution in [0.4, 0.5) is 0 Å². The first kappa shape index (κ1) is 16.7. The van der Waals surface area contributed by atoms with Crippen LogP contribution < -0.4 is 4.72 Å². The largest absolute Gasteiger partial charge is 0.274 e. The molecule has 1 N–H and O–H groups in total. The summed E-state index contributed by atoms with van der Waals surface area (Å²) in [5, 5.41) is 3.89. The third-order valence-electron chi connectivity index (χ3n) is 3.33. The molecule has 6 heteroatoms. The van der Waals surface area contributed by atoms with E-state index in [4.69, 9.17) is 0 Å². The van der Waals surface area contributed by atoms with Gasteiger partial charge in [-0.25, -0.2) is 8.42 Å². The summed E-state index contributed by atoms with van der Waals surface area (Å²) in [7, 11) is -3.62. The lowest BCUT2D eigenvalue weighted by atomic mass is 10.0. The number of aryl methyl sites for hydroxylation is 1. The summed E-state index contributed by atoms with van der Waals surface area (Å²) in [5.74, 6) is -0.712. The molecular weight excluding hydrogens is 318 g/mol. The molecule has 1 aromatic carbocycles. The first-order valence-corrected chi connectivity index (χ1v) is 9.65. The van der Waals surface area contributed by atoms with Gasteiger partial charge >= 0.3 is 0 Å². The first-order valence-electron chi connectivity index (χ1n) is 7.05. The molecule has 0 radical (unpaired) electrons. The molecule has 0 saturated carbocycles. The number of nitrogens with one attached hydrogen (secondary N) is 1. The highest BCUT2D eigenvalue weighted by atomic mass is 32.2. The number of carbonyl (C=O) groups excluding carboxylic acids is 1. The van der Waals surface area contributed by atoms with Crippen molar-refractivity contribution in [3.8, 4) is 0 Å². The zero-order valence-electron chi connectivity index (χ0n) is 12.4. The Bertz CT molecular complexity index is 694. The van der Waals surface area contributed by atoms with Gasteiger partial charge in [0.25, 0.3) is 0 Å². The lowest BCUT2D eigenvalue weighted by molar-refractivity contribution is -0.119. The van der Waals surface area contributed by atoms with Crippen molar-refractivity contribution in [1.82, 2.24) is 4.72 Å². The van der Waals surface area contributed by atoms with E-state index in [-0.39, 0.29) is 18.1 Å². The Labute approximate surface area is 135 Å². The summed E-state index contributed by atoms with van der Waals surface area (Å²) < 4.78 is 26.3. The standard InChI is InChI=1S/C16H19NO3S2/c1-13(15-5-3-2-4-6-15)12-22(19,20)17-16(18)8-7-14-9-10-21-11-14/h2-6,9-11,13H,7-8,12H2,1H3,(H,17,18). The third-order valence-corrected chi connectivity index (χ3v) is 5.54. The Morgan fingerprint density at radius 3 is 2.59 bits per heavy atom. The minimum absolute atomic E-state index is 0.0960. The second-order valence-corrected chi connectivity index (χ2v) is 7.80. The highest BCUT2D eigenvalue weighted by Gasteiger charge is 2.19. The molecule has 0 spiro atoms. The summed E-state index contributed by atoms with van der Waals surface area (Å²) in [6.07, 6.45) is 0.731. The zero-order chi connectivity index (χ0) is 16.0. The van der Waals surface area contributed by atoms with Gasteiger partial charge in [0.15, 0.2) is 0 Å². The summed E-state index contributed by atoms with van der Waals surface area (Å²) in [6, 6.07) is 11.3. The molecule has 2 rings (SSSR count). The highest BCUT2D eigenvalue weighted by Crippen LogP contribution is 2.16. The Kier molecular flexibility index (Phi) is 5.74. The predicted molar refractivity (Wildman–Crippen MR) is 89.4 cm³/mol. The fourth-order valence-electron chi connectivity index (χ4n) is 2.17. The van der Waals surface area contributed by atoms with E-state index in [2.05, 4.69) is 4.72 Å². The fourth-order valence-corrected chi connectivity index (χ4v) is 4.25. The molecule has 0 bridgehead atoms. The van der Waals surface area contributed by atoms with Crippen molar-refractivity contribution in [3.05, 3.63) is 58.3 Å². The maximum absolute atomic E-state index is 12.1. The summed E-state index contributed by atoms with van der Waals surface area (Å²) >= 11 is 1.56. The van der Waals surface area contributed by atoms with E-state index in [0.717, 1.165) is 11.1 Å². The van der Waals surface area contributed by atoms with Gasteiger partial charge in [-0.1, -0.05) is 37.3 Å². The van der Waals surface area contributed by atoms with Crippen LogP contribution in [0.2, 0.25) is 0 Å². The van der Waals surface area contributed by atoms with Gasteiger partial charge in [0.1, 0.15) is 0 Å². The van der Waals surface area contributed by atoms with Gasteiger partial charge in [-0.15, -0.1) is 0 Å². The van der Waals surface area contributed by atoms with Crippen molar-refractivity contribution in [2.24, 2.45) is 0 Å². The normalized spacial score (nSPS) is 12.8. The van der Waals surface area contributed by atoms with Crippen molar-refractivity contribution in [2.75, 3.05) is 5.75 Å². The van der Waals surface area contributed by atoms with Crippen molar-refractivity contribution in [3.63, 3.8) is 0 Å². The molecule has 2 aromatic rings. The van der Waals surface area contributed by atoms with Crippen LogP contribution in [0.25, 0.3) is 0 Å². The first-order chi connectivity index (χ1) is 10.5. The van der Waals surface area contributed by atoms with Crippen LogP contribution in [-0.2, 0) is 21.2 Å². The molecule has 1 heterocycles. The van der Waals surface area contributed by atoms with Gasteiger partial charge in [-0.2, -0.15) is 11.3 Å². The molecule has 22 heavy (non-hydrogen) atoms. The molecule has 0 fully saturated rings. The minimum atomic E-state index is -3.62. The average Bonchev–Trinajstić information content (AvgIpc) is 2.98. The van der Waals surface area contributed by atoms with Crippen LogP contribution >= 0.6 is 11.3 Å². The molecule has 0 saturated heterocycles. The van der Waals surface area contributed by atoms with Gasteiger partial charge in [0, 0.05) is 6.42 Å². The number of hydrogen-bond acceptors (Lipinski definition) is 4. The van der Waals surface area contributed by atoms with Crippen molar-refractivity contribution < 1.29 is 13.2 Å². The summed E-state index contributed by atoms with van der Waals surface area (Å²) in [4.78, 5) is 11.8. The number of hydrogen-bond donors (Lipinski definition) is 1. The number of thiophene rings is 1. The zero-order valence-corrected chi connectivity index (χ0v) is 14.0. The molecule has 1 atom stereocenters. The van der Waals surface area contributed by atoms with Crippen LogP contribution in [0.15, 0.2) is 47.2 Å². The topological polar surface area (TPSA) is 63.2 Å². The van der Waals surface area contributed by atoms with Crippen LogP contribution in [-0.4, -0.2) is 20.1 Å². The maximum atomic E-state index is 12.1. The summed E-state index contributed by atoms with van der Waals surface area (Å²) in [6.45, 7) is 1.84. The van der Waals surface area contributed by atoms with E-state index in [1.54, 1.807) is 11.3 Å². The quantitative estimate of drug-likeness (QED) is 0.845. The second kappa shape index (κ2) is 7.56. The molecule has 1 amide bonds. The lowest BCUT2D eigenvalue weighted by Crippen LogP contribution is -2.34. The van der Waals surface area contributed by atoms with E-state index < -0.39 is 15.9 Å². The van der Waals surface area contributed by atoms with E-state index in [0.29, 0.717) is 6.42 Å². The van der Waals surface area contributed by atoms with Gasteiger partial charge in [0.2, 0.25) is 15.9 Å². The average molecular weight is 337 g/mol. The van der Waals surface area contributed by atoms with Crippen LogP contribution in [0.3, 0.4) is 0 Å². The molecule has 4 nitrogen and oxygen atoms in total. The van der Waals surface area contributed by atoms with Crippen LogP contribution in [0.5, 0.6) is 0 Å². The Morgan fingerprint density at radius 1 is 1.23 bits per heavy atom. The fraction of sp³-hybridized carbons (Fsp3) is 0.312. The van der Waals surface area contributed by atoms with Gasteiger partial charge in [-0.3, -0.25) is 9.52 Å².